The summed E-state index contributed by atoms with van der Waals surface area (Å²) in [6.45, 7) is 5.10. The Hall–Kier alpha value is -1.35. The Morgan fingerprint density at radius 3 is 2.80 bits per heavy atom. The van der Waals surface area contributed by atoms with Gasteiger partial charge in [0.1, 0.15) is 5.75 Å². The number of methoxy groups -OCH3 is 1. The van der Waals surface area contributed by atoms with Crippen LogP contribution in [0.4, 0.5) is 0 Å². The molecule has 0 saturated carbocycles. The summed E-state index contributed by atoms with van der Waals surface area (Å²) in [6, 6.07) is 4.50. The Balaban J connectivity index is 2.04. The van der Waals surface area contributed by atoms with Crippen molar-refractivity contribution in [1.29, 1.82) is 0 Å². The number of carbonyl (C=O) groups excluding carboxylic acids is 1. The van der Waals surface area contributed by atoms with Crippen LogP contribution in [0.5, 0.6) is 5.75 Å². The summed E-state index contributed by atoms with van der Waals surface area (Å²) in [5, 5.41) is 3.49. The van der Waals surface area contributed by atoms with Gasteiger partial charge in [0.05, 0.1) is 12.7 Å². The standard InChI is InChI=1S/C17H25NO2/c1-12-10-13(2)17(16(11-12)20-3)15(19)8-7-14-6-4-5-9-18-14/h10-11,14,18H,4-9H2,1-3H3. The van der Waals surface area contributed by atoms with Gasteiger partial charge in [-0.2, -0.15) is 0 Å². The number of ketones is 1. The molecule has 0 amide bonds. The molecular formula is C17H25NO2. The second-order valence-electron chi connectivity index (χ2n) is 5.77. The first-order valence-electron chi connectivity index (χ1n) is 7.53. The predicted octanol–water partition coefficient (Wildman–Crippen LogP) is 3.42. The van der Waals surface area contributed by atoms with Gasteiger partial charge in [0.15, 0.2) is 5.78 Å². The minimum atomic E-state index is 0.201. The molecule has 0 aromatic heterocycles. The minimum absolute atomic E-state index is 0.201. The molecule has 1 aliphatic heterocycles. The maximum absolute atomic E-state index is 12.5. The monoisotopic (exact) mass is 275 g/mol. The molecule has 1 heterocycles. The lowest BCUT2D eigenvalue weighted by Gasteiger charge is -2.23. The number of rotatable bonds is 5. The van der Waals surface area contributed by atoms with Crippen molar-refractivity contribution in [3.63, 3.8) is 0 Å². The van der Waals surface area contributed by atoms with E-state index in [1.54, 1.807) is 7.11 Å². The fraction of sp³-hybridized carbons (Fsp3) is 0.588. The summed E-state index contributed by atoms with van der Waals surface area (Å²) in [5.74, 6) is 0.913. The summed E-state index contributed by atoms with van der Waals surface area (Å²) in [7, 11) is 1.63. The summed E-state index contributed by atoms with van der Waals surface area (Å²) >= 11 is 0. The molecule has 1 aromatic rings. The van der Waals surface area contributed by atoms with Crippen molar-refractivity contribution >= 4 is 5.78 Å². The molecule has 2 rings (SSSR count). The van der Waals surface area contributed by atoms with Crippen molar-refractivity contribution in [1.82, 2.24) is 5.32 Å². The van der Waals surface area contributed by atoms with Gasteiger partial charge < -0.3 is 10.1 Å². The largest absolute Gasteiger partial charge is 0.496 e. The molecule has 0 bridgehead atoms. The Morgan fingerprint density at radius 1 is 1.35 bits per heavy atom. The highest BCUT2D eigenvalue weighted by Crippen LogP contribution is 2.26. The number of Topliss-reactive ketones (excluding diaryl/α,β-unsaturated/α-hetero) is 1. The summed E-state index contributed by atoms with van der Waals surface area (Å²) in [6.07, 6.45) is 5.25. The average molecular weight is 275 g/mol. The second kappa shape index (κ2) is 6.89. The van der Waals surface area contributed by atoms with E-state index in [0.29, 0.717) is 18.2 Å². The van der Waals surface area contributed by atoms with Crippen molar-refractivity contribution in [3.8, 4) is 5.75 Å². The van der Waals surface area contributed by atoms with Crippen LogP contribution < -0.4 is 10.1 Å². The average Bonchev–Trinajstić information content (AvgIpc) is 2.45. The zero-order valence-electron chi connectivity index (χ0n) is 12.8. The van der Waals surface area contributed by atoms with Gasteiger partial charge in [0.2, 0.25) is 0 Å². The van der Waals surface area contributed by atoms with Gasteiger partial charge in [-0.15, -0.1) is 0 Å². The van der Waals surface area contributed by atoms with E-state index < -0.39 is 0 Å². The molecule has 1 unspecified atom stereocenters. The van der Waals surface area contributed by atoms with Crippen molar-refractivity contribution in [3.05, 3.63) is 28.8 Å². The molecule has 1 fully saturated rings. The number of piperidine rings is 1. The molecule has 3 heteroatoms. The number of carbonyl (C=O) groups is 1. The van der Waals surface area contributed by atoms with E-state index in [1.165, 1.54) is 19.3 Å². The molecule has 1 N–H and O–H groups in total. The normalized spacial score (nSPS) is 18.9. The minimum Gasteiger partial charge on any atom is -0.496 e. The van der Waals surface area contributed by atoms with E-state index in [1.807, 2.05) is 19.9 Å². The molecule has 0 spiro atoms. The van der Waals surface area contributed by atoms with Gasteiger partial charge in [-0.05, 0) is 56.8 Å². The molecule has 20 heavy (non-hydrogen) atoms. The van der Waals surface area contributed by atoms with Crippen LogP contribution in [0.1, 0.15) is 53.6 Å². The Labute approximate surface area is 121 Å². The van der Waals surface area contributed by atoms with E-state index in [9.17, 15) is 4.79 Å². The van der Waals surface area contributed by atoms with Crippen LogP contribution in [0, 0.1) is 13.8 Å². The molecule has 1 atom stereocenters. The Kier molecular flexibility index (Phi) is 5.18. The van der Waals surface area contributed by atoms with E-state index in [0.717, 1.165) is 29.7 Å². The van der Waals surface area contributed by atoms with E-state index >= 15 is 0 Å². The van der Waals surface area contributed by atoms with Crippen LogP contribution in [0.3, 0.4) is 0 Å². The van der Waals surface area contributed by atoms with Crippen molar-refractivity contribution < 1.29 is 9.53 Å². The number of nitrogens with one attached hydrogen (secondary N) is 1. The van der Waals surface area contributed by atoms with Gasteiger partial charge in [0, 0.05) is 12.5 Å². The summed E-state index contributed by atoms with van der Waals surface area (Å²) in [4.78, 5) is 12.5. The molecule has 110 valence electrons. The summed E-state index contributed by atoms with van der Waals surface area (Å²) in [5.41, 5.74) is 2.90. The predicted molar refractivity (Wildman–Crippen MR) is 81.7 cm³/mol. The van der Waals surface area contributed by atoms with E-state index in [4.69, 9.17) is 4.74 Å². The van der Waals surface area contributed by atoms with Crippen LogP contribution in [0.2, 0.25) is 0 Å². The molecule has 1 aromatic carbocycles. The fourth-order valence-corrected chi connectivity index (χ4v) is 3.05. The molecule has 0 radical (unpaired) electrons. The van der Waals surface area contributed by atoms with Crippen molar-refractivity contribution in [2.45, 2.75) is 52.0 Å². The number of benzene rings is 1. The molecule has 1 aliphatic rings. The SMILES string of the molecule is COc1cc(C)cc(C)c1C(=O)CCC1CCCCN1. The van der Waals surface area contributed by atoms with E-state index in [-0.39, 0.29) is 5.78 Å². The number of hydrogen-bond donors (Lipinski definition) is 1. The Bertz CT molecular complexity index is 476. The molecule has 3 nitrogen and oxygen atoms in total. The quantitative estimate of drug-likeness (QED) is 0.837. The van der Waals surface area contributed by atoms with Gasteiger partial charge >= 0.3 is 0 Å². The lowest BCUT2D eigenvalue weighted by molar-refractivity contribution is 0.0970. The molecule has 0 aliphatic carbocycles. The lowest BCUT2D eigenvalue weighted by Crippen LogP contribution is -2.34. The number of ether oxygens (including phenoxy) is 1. The number of hydrogen-bond acceptors (Lipinski definition) is 3. The van der Waals surface area contributed by atoms with Gasteiger partial charge in [-0.1, -0.05) is 12.5 Å². The first-order valence-corrected chi connectivity index (χ1v) is 7.53. The maximum atomic E-state index is 12.5. The van der Waals surface area contributed by atoms with Gasteiger partial charge in [-0.3, -0.25) is 4.79 Å². The highest BCUT2D eigenvalue weighted by molar-refractivity contribution is 6.00. The highest BCUT2D eigenvalue weighted by atomic mass is 16.5. The molecule has 1 saturated heterocycles. The van der Waals surface area contributed by atoms with Gasteiger partial charge in [0.25, 0.3) is 0 Å². The number of aryl methyl sites for hydroxylation is 2. The third-order valence-corrected chi connectivity index (χ3v) is 4.07. The van der Waals surface area contributed by atoms with Gasteiger partial charge in [-0.25, -0.2) is 0 Å². The Morgan fingerprint density at radius 2 is 2.15 bits per heavy atom. The first kappa shape index (κ1) is 15.0. The maximum Gasteiger partial charge on any atom is 0.166 e. The summed E-state index contributed by atoms with van der Waals surface area (Å²) < 4.78 is 5.38. The van der Waals surface area contributed by atoms with Crippen LogP contribution in [-0.2, 0) is 0 Å². The van der Waals surface area contributed by atoms with Crippen LogP contribution in [0.25, 0.3) is 0 Å². The molecular weight excluding hydrogens is 250 g/mol. The second-order valence-corrected chi connectivity index (χ2v) is 5.77. The topological polar surface area (TPSA) is 38.3 Å². The zero-order chi connectivity index (χ0) is 14.5. The van der Waals surface area contributed by atoms with Crippen LogP contribution in [-0.4, -0.2) is 25.5 Å². The third kappa shape index (κ3) is 3.60. The van der Waals surface area contributed by atoms with Crippen LogP contribution in [0.15, 0.2) is 12.1 Å². The first-order chi connectivity index (χ1) is 9.61. The zero-order valence-corrected chi connectivity index (χ0v) is 12.8. The third-order valence-electron chi connectivity index (χ3n) is 4.07. The van der Waals surface area contributed by atoms with Crippen molar-refractivity contribution in [2.75, 3.05) is 13.7 Å². The van der Waals surface area contributed by atoms with E-state index in [2.05, 4.69) is 11.4 Å². The smallest absolute Gasteiger partial charge is 0.166 e. The lowest BCUT2D eigenvalue weighted by atomic mass is 9.94. The van der Waals surface area contributed by atoms with Crippen LogP contribution >= 0.6 is 0 Å². The highest BCUT2D eigenvalue weighted by Gasteiger charge is 2.19. The van der Waals surface area contributed by atoms with Crippen molar-refractivity contribution in [2.24, 2.45) is 0 Å². The fourth-order valence-electron chi connectivity index (χ4n) is 3.05.